The lowest BCUT2D eigenvalue weighted by molar-refractivity contribution is 0.0593. The maximum absolute atomic E-state index is 14.1. The van der Waals surface area contributed by atoms with Gasteiger partial charge in [-0.2, -0.15) is 5.10 Å². The number of amides is 1. The minimum Gasteiger partial charge on any atom is -0.464 e. The number of alkyl halides is 1. The number of aromatic nitrogens is 4. The first-order valence-electron chi connectivity index (χ1n) is 11.4. The number of esters is 1. The number of carbonyl (C=O) groups is 2. The summed E-state index contributed by atoms with van der Waals surface area (Å²) in [5.74, 6) is -0.0154. The summed E-state index contributed by atoms with van der Waals surface area (Å²) in [6.07, 6.45) is 4.90. The van der Waals surface area contributed by atoms with Gasteiger partial charge in [-0.3, -0.25) is 13.9 Å². The minimum atomic E-state index is -2.01. The SMILES string of the molecule is [B]C(C)(F)c1cn2c(NC3CCC(NC(=O)c4cc(C(=O)OC)nn4CC)CC3)cccc2n1. The highest BCUT2D eigenvalue weighted by atomic mass is 19.1. The fraction of sp³-hybridized carbons (Fsp3) is 0.478. The molecule has 0 aliphatic heterocycles. The van der Waals surface area contributed by atoms with Crippen LogP contribution in [-0.4, -0.2) is 58.1 Å². The largest absolute Gasteiger partial charge is 0.464 e. The Balaban J connectivity index is 1.37. The van der Waals surface area contributed by atoms with Crippen LogP contribution in [0.15, 0.2) is 30.5 Å². The van der Waals surface area contributed by atoms with Gasteiger partial charge in [0.2, 0.25) is 0 Å². The van der Waals surface area contributed by atoms with Gasteiger partial charge in [0.1, 0.15) is 30.6 Å². The second kappa shape index (κ2) is 9.48. The Labute approximate surface area is 198 Å². The van der Waals surface area contributed by atoms with Crippen LogP contribution in [0.2, 0.25) is 0 Å². The summed E-state index contributed by atoms with van der Waals surface area (Å²) in [5.41, 5.74) is -0.763. The number of aryl methyl sites for hydroxylation is 1. The summed E-state index contributed by atoms with van der Waals surface area (Å²) in [4.78, 5) is 28.9. The molecular formula is C23H28BFN6O3. The van der Waals surface area contributed by atoms with Crippen LogP contribution in [0.5, 0.6) is 0 Å². The van der Waals surface area contributed by atoms with Crippen molar-refractivity contribution in [1.82, 2.24) is 24.5 Å². The van der Waals surface area contributed by atoms with Crippen LogP contribution in [0, 0.1) is 0 Å². The number of nitrogens with zero attached hydrogens (tertiary/aromatic N) is 4. The highest BCUT2D eigenvalue weighted by Gasteiger charge is 2.26. The van der Waals surface area contributed by atoms with Gasteiger partial charge in [-0.15, -0.1) is 0 Å². The summed E-state index contributed by atoms with van der Waals surface area (Å²) in [5, 5.41) is 10.7. The van der Waals surface area contributed by atoms with Crippen LogP contribution in [0.3, 0.4) is 0 Å². The van der Waals surface area contributed by atoms with Crippen molar-refractivity contribution in [3.63, 3.8) is 0 Å². The first-order valence-corrected chi connectivity index (χ1v) is 11.4. The quantitative estimate of drug-likeness (QED) is 0.410. The number of hydrogen-bond acceptors (Lipinski definition) is 6. The molecule has 0 spiro atoms. The number of methoxy groups -OCH3 is 1. The van der Waals surface area contributed by atoms with Gasteiger partial charge in [0.05, 0.1) is 12.8 Å². The molecule has 3 aromatic rings. The van der Waals surface area contributed by atoms with Crippen molar-refractivity contribution in [2.75, 3.05) is 12.4 Å². The maximum Gasteiger partial charge on any atom is 0.358 e. The van der Waals surface area contributed by atoms with Crippen molar-refractivity contribution in [3.05, 3.63) is 47.5 Å². The molecule has 9 nitrogen and oxygen atoms in total. The molecule has 4 rings (SSSR count). The highest BCUT2D eigenvalue weighted by Crippen LogP contribution is 2.26. The van der Waals surface area contributed by atoms with Gasteiger partial charge in [0.15, 0.2) is 5.69 Å². The molecule has 11 heteroatoms. The summed E-state index contributed by atoms with van der Waals surface area (Å²) in [6, 6.07) is 7.27. The van der Waals surface area contributed by atoms with Crippen LogP contribution in [0.4, 0.5) is 10.2 Å². The third-order valence-electron chi connectivity index (χ3n) is 6.11. The van der Waals surface area contributed by atoms with Crippen molar-refractivity contribution in [1.29, 1.82) is 0 Å². The van der Waals surface area contributed by atoms with Crippen LogP contribution in [0.1, 0.15) is 66.2 Å². The molecule has 1 amide bonds. The Hall–Kier alpha value is -3.37. The van der Waals surface area contributed by atoms with Gasteiger partial charge in [0.25, 0.3) is 5.91 Å². The number of hydrogen-bond donors (Lipinski definition) is 2. The number of anilines is 1. The van der Waals surface area contributed by atoms with E-state index in [1.807, 2.05) is 19.1 Å². The van der Waals surface area contributed by atoms with E-state index >= 15 is 0 Å². The van der Waals surface area contributed by atoms with Gasteiger partial charge < -0.3 is 15.4 Å². The molecule has 3 aromatic heterocycles. The van der Waals surface area contributed by atoms with E-state index in [-0.39, 0.29) is 29.4 Å². The molecule has 34 heavy (non-hydrogen) atoms. The molecule has 0 aromatic carbocycles. The fourth-order valence-corrected chi connectivity index (χ4v) is 4.26. The summed E-state index contributed by atoms with van der Waals surface area (Å²) >= 11 is 0. The topological polar surface area (TPSA) is 103 Å². The minimum absolute atomic E-state index is 0.0208. The van der Waals surface area contributed by atoms with Crippen LogP contribution in [-0.2, 0) is 16.8 Å². The van der Waals surface area contributed by atoms with Crippen LogP contribution in [0.25, 0.3) is 5.65 Å². The van der Waals surface area contributed by atoms with Gasteiger partial charge in [-0.25, -0.2) is 14.2 Å². The van der Waals surface area contributed by atoms with Gasteiger partial charge in [0, 0.05) is 30.9 Å². The number of carbonyl (C=O) groups excluding carboxylic acids is 2. The summed E-state index contributed by atoms with van der Waals surface area (Å²) < 4.78 is 22.1. The number of ether oxygens (including phenoxy) is 1. The average Bonchev–Trinajstić information content (AvgIpc) is 3.45. The van der Waals surface area contributed by atoms with Crippen molar-refractivity contribution in [2.45, 2.75) is 63.7 Å². The molecule has 0 saturated heterocycles. The normalized spacial score (nSPS) is 20.0. The Morgan fingerprint density at radius 1 is 1.26 bits per heavy atom. The van der Waals surface area contributed by atoms with E-state index in [0.29, 0.717) is 17.9 Å². The lowest BCUT2D eigenvalue weighted by Gasteiger charge is -2.30. The lowest BCUT2D eigenvalue weighted by atomic mass is 9.83. The summed E-state index contributed by atoms with van der Waals surface area (Å²) in [6.45, 7) is 3.60. The number of imidazole rings is 1. The Bertz CT molecular complexity index is 1190. The number of pyridine rings is 1. The van der Waals surface area contributed by atoms with E-state index in [9.17, 15) is 14.0 Å². The standard InChI is InChI=1S/C23H28BFN6O3/c1-4-31-17(12-16(29-31)22(33)34-3)21(32)27-15-10-8-14(9-11-15)26-19-6-5-7-20-28-18(13-30(19)20)23(2,24)25/h5-7,12-15,26H,4,8-11H2,1-3H3,(H,27,32). The van der Waals surface area contributed by atoms with Crippen LogP contribution < -0.4 is 10.6 Å². The zero-order valence-electron chi connectivity index (χ0n) is 19.5. The molecule has 2 N–H and O–H groups in total. The van der Waals surface area contributed by atoms with Gasteiger partial charge >= 0.3 is 5.97 Å². The Kier molecular flexibility index (Phi) is 6.63. The first-order chi connectivity index (χ1) is 16.2. The smallest absolute Gasteiger partial charge is 0.358 e. The molecule has 1 fully saturated rings. The van der Waals surface area contributed by atoms with Crippen molar-refractivity contribution >= 4 is 31.2 Å². The molecule has 0 bridgehead atoms. The highest BCUT2D eigenvalue weighted by molar-refractivity contribution is 6.14. The third kappa shape index (κ3) is 4.93. The van der Waals surface area contributed by atoms with E-state index in [2.05, 4.69) is 20.7 Å². The summed E-state index contributed by atoms with van der Waals surface area (Å²) in [7, 11) is 6.85. The van der Waals surface area contributed by atoms with Gasteiger partial charge in [-0.05, 0) is 51.7 Å². The number of fused-ring (bicyclic) bond motifs is 1. The Morgan fingerprint density at radius 3 is 2.62 bits per heavy atom. The molecule has 1 atom stereocenters. The number of halogens is 1. The second-order valence-corrected chi connectivity index (χ2v) is 8.73. The van der Waals surface area contributed by atoms with Crippen molar-refractivity contribution in [2.24, 2.45) is 0 Å². The second-order valence-electron chi connectivity index (χ2n) is 8.73. The molecule has 1 aliphatic rings. The lowest BCUT2D eigenvalue weighted by Crippen LogP contribution is -2.41. The predicted molar refractivity (Wildman–Crippen MR) is 126 cm³/mol. The van der Waals surface area contributed by atoms with Crippen molar-refractivity contribution in [3.8, 4) is 0 Å². The number of nitrogens with one attached hydrogen (secondary N) is 2. The van der Waals surface area contributed by atoms with E-state index in [1.54, 1.807) is 16.7 Å². The molecule has 3 heterocycles. The van der Waals surface area contributed by atoms with E-state index in [4.69, 9.17) is 12.6 Å². The van der Waals surface area contributed by atoms with Gasteiger partial charge in [-0.1, -0.05) is 6.07 Å². The monoisotopic (exact) mass is 466 g/mol. The van der Waals surface area contributed by atoms with E-state index in [1.165, 1.54) is 24.8 Å². The van der Waals surface area contributed by atoms with E-state index in [0.717, 1.165) is 31.5 Å². The fourth-order valence-electron chi connectivity index (χ4n) is 4.26. The van der Waals surface area contributed by atoms with E-state index < -0.39 is 11.5 Å². The zero-order valence-corrected chi connectivity index (χ0v) is 19.5. The predicted octanol–water partition coefficient (Wildman–Crippen LogP) is 2.80. The maximum atomic E-state index is 14.1. The average molecular weight is 466 g/mol. The first kappa shape index (κ1) is 23.8. The zero-order chi connectivity index (χ0) is 24.5. The van der Waals surface area contributed by atoms with Crippen molar-refractivity contribution < 1.29 is 18.7 Å². The molecule has 178 valence electrons. The third-order valence-corrected chi connectivity index (χ3v) is 6.11. The molecule has 2 radical (unpaired) electrons. The van der Waals surface area contributed by atoms with Crippen LogP contribution >= 0.6 is 0 Å². The Morgan fingerprint density at radius 2 is 1.97 bits per heavy atom. The number of rotatable bonds is 7. The molecule has 1 aliphatic carbocycles. The molecule has 1 saturated carbocycles. The molecule has 1 unspecified atom stereocenters. The molecular weight excluding hydrogens is 438 g/mol.